The Hall–Kier alpha value is -0.0500. The SMILES string of the molecule is OC(CCl)CN1CC=CCC1. The van der Waals surface area contributed by atoms with Gasteiger partial charge >= 0.3 is 0 Å². The summed E-state index contributed by atoms with van der Waals surface area (Å²) in [6, 6.07) is 0. The maximum absolute atomic E-state index is 9.21. The van der Waals surface area contributed by atoms with Gasteiger partial charge < -0.3 is 5.11 Å². The van der Waals surface area contributed by atoms with Gasteiger partial charge in [-0.15, -0.1) is 11.6 Å². The molecule has 64 valence electrons. The average molecular weight is 176 g/mol. The van der Waals surface area contributed by atoms with Crippen molar-refractivity contribution in [2.45, 2.75) is 12.5 Å². The van der Waals surface area contributed by atoms with Gasteiger partial charge in [-0.05, 0) is 6.42 Å². The highest BCUT2D eigenvalue weighted by Crippen LogP contribution is 2.02. The van der Waals surface area contributed by atoms with E-state index in [9.17, 15) is 5.11 Å². The average Bonchev–Trinajstić information content (AvgIpc) is 2.06. The first-order valence-electron chi connectivity index (χ1n) is 3.94. The van der Waals surface area contributed by atoms with Gasteiger partial charge in [0.25, 0.3) is 0 Å². The van der Waals surface area contributed by atoms with Crippen molar-refractivity contribution in [2.75, 3.05) is 25.5 Å². The molecule has 0 spiro atoms. The zero-order valence-electron chi connectivity index (χ0n) is 6.54. The van der Waals surface area contributed by atoms with Crippen LogP contribution in [0.4, 0.5) is 0 Å². The quantitative estimate of drug-likeness (QED) is 0.508. The van der Waals surface area contributed by atoms with Crippen LogP contribution in [0.3, 0.4) is 0 Å². The summed E-state index contributed by atoms with van der Waals surface area (Å²) >= 11 is 5.48. The normalized spacial score (nSPS) is 22.0. The Morgan fingerprint density at radius 3 is 2.91 bits per heavy atom. The Labute approximate surface area is 72.5 Å². The standard InChI is InChI=1S/C8H14ClNO/c9-6-8(11)7-10-4-2-1-3-5-10/h1-2,8,11H,3-7H2. The molecule has 1 aliphatic rings. The summed E-state index contributed by atoms with van der Waals surface area (Å²) in [6.07, 6.45) is 5.02. The maximum atomic E-state index is 9.21. The van der Waals surface area contributed by atoms with Crippen molar-refractivity contribution in [3.05, 3.63) is 12.2 Å². The second-order valence-corrected chi connectivity index (χ2v) is 3.14. The molecular weight excluding hydrogens is 162 g/mol. The van der Waals surface area contributed by atoms with Gasteiger partial charge in [0.1, 0.15) is 0 Å². The summed E-state index contributed by atoms with van der Waals surface area (Å²) in [5.74, 6) is 0.334. The number of hydrogen-bond donors (Lipinski definition) is 1. The Morgan fingerprint density at radius 2 is 2.36 bits per heavy atom. The largest absolute Gasteiger partial charge is 0.391 e. The zero-order valence-corrected chi connectivity index (χ0v) is 7.30. The van der Waals surface area contributed by atoms with Crippen LogP contribution >= 0.6 is 11.6 Å². The van der Waals surface area contributed by atoms with Crippen LogP contribution in [-0.4, -0.2) is 41.6 Å². The summed E-state index contributed by atoms with van der Waals surface area (Å²) < 4.78 is 0. The first-order chi connectivity index (χ1) is 5.33. The monoisotopic (exact) mass is 175 g/mol. The van der Waals surface area contributed by atoms with Crippen molar-refractivity contribution in [1.82, 2.24) is 4.90 Å². The number of rotatable bonds is 3. The van der Waals surface area contributed by atoms with Crippen LogP contribution in [0.1, 0.15) is 6.42 Å². The Bertz CT molecular complexity index is 138. The van der Waals surface area contributed by atoms with E-state index in [4.69, 9.17) is 11.6 Å². The van der Waals surface area contributed by atoms with E-state index in [1.54, 1.807) is 0 Å². The van der Waals surface area contributed by atoms with E-state index >= 15 is 0 Å². The molecule has 0 fully saturated rings. The van der Waals surface area contributed by atoms with E-state index < -0.39 is 0 Å². The minimum atomic E-state index is -0.372. The summed E-state index contributed by atoms with van der Waals surface area (Å²) in [5.41, 5.74) is 0. The van der Waals surface area contributed by atoms with E-state index in [1.165, 1.54) is 0 Å². The third-order valence-corrected chi connectivity index (χ3v) is 2.15. The molecular formula is C8H14ClNO. The van der Waals surface area contributed by atoms with E-state index in [-0.39, 0.29) is 6.10 Å². The van der Waals surface area contributed by atoms with Crippen LogP contribution in [0.25, 0.3) is 0 Å². The fourth-order valence-electron chi connectivity index (χ4n) is 1.20. The predicted octanol–water partition coefficient (Wildman–Crippen LogP) is 0.848. The van der Waals surface area contributed by atoms with E-state index in [0.717, 1.165) is 19.5 Å². The van der Waals surface area contributed by atoms with Crippen molar-refractivity contribution in [3.63, 3.8) is 0 Å². The molecule has 3 heteroatoms. The summed E-state index contributed by atoms with van der Waals surface area (Å²) in [4.78, 5) is 2.20. The van der Waals surface area contributed by atoms with Crippen LogP contribution < -0.4 is 0 Å². The first kappa shape index (κ1) is 9.04. The fourth-order valence-corrected chi connectivity index (χ4v) is 1.30. The molecule has 0 aromatic rings. The lowest BCUT2D eigenvalue weighted by molar-refractivity contribution is 0.135. The van der Waals surface area contributed by atoms with Gasteiger partial charge in [0, 0.05) is 25.5 Å². The second kappa shape index (κ2) is 4.75. The summed E-state index contributed by atoms with van der Waals surface area (Å²) in [7, 11) is 0. The number of hydrogen-bond acceptors (Lipinski definition) is 2. The van der Waals surface area contributed by atoms with E-state index in [0.29, 0.717) is 12.4 Å². The molecule has 1 unspecified atom stereocenters. The van der Waals surface area contributed by atoms with Crippen LogP contribution in [0, 0.1) is 0 Å². The van der Waals surface area contributed by atoms with Gasteiger partial charge in [0.15, 0.2) is 0 Å². The molecule has 0 aromatic carbocycles. The Kier molecular flexibility index (Phi) is 3.91. The molecule has 0 saturated heterocycles. The fraction of sp³-hybridized carbons (Fsp3) is 0.750. The van der Waals surface area contributed by atoms with Crippen LogP contribution in [0.5, 0.6) is 0 Å². The lowest BCUT2D eigenvalue weighted by Crippen LogP contribution is -2.35. The molecule has 0 radical (unpaired) electrons. The van der Waals surface area contributed by atoms with Crippen molar-refractivity contribution in [3.8, 4) is 0 Å². The molecule has 1 aliphatic heterocycles. The highest BCUT2D eigenvalue weighted by atomic mass is 35.5. The minimum absolute atomic E-state index is 0.334. The molecule has 0 aromatic heterocycles. The molecule has 0 aliphatic carbocycles. The van der Waals surface area contributed by atoms with Gasteiger partial charge in [-0.25, -0.2) is 0 Å². The minimum Gasteiger partial charge on any atom is -0.391 e. The van der Waals surface area contributed by atoms with Crippen molar-refractivity contribution in [1.29, 1.82) is 0 Å². The van der Waals surface area contributed by atoms with Gasteiger partial charge in [0.05, 0.1) is 6.10 Å². The topological polar surface area (TPSA) is 23.5 Å². The molecule has 11 heavy (non-hydrogen) atoms. The number of aliphatic hydroxyl groups excluding tert-OH is 1. The highest BCUT2D eigenvalue weighted by Gasteiger charge is 2.10. The number of halogens is 1. The Morgan fingerprint density at radius 1 is 1.55 bits per heavy atom. The number of aliphatic hydroxyl groups is 1. The third kappa shape index (κ3) is 3.23. The van der Waals surface area contributed by atoms with Crippen LogP contribution in [-0.2, 0) is 0 Å². The molecule has 1 N–H and O–H groups in total. The number of alkyl halides is 1. The summed E-state index contributed by atoms with van der Waals surface area (Å²) in [5, 5.41) is 9.21. The molecule has 1 rings (SSSR count). The van der Waals surface area contributed by atoms with E-state index in [1.807, 2.05) is 0 Å². The van der Waals surface area contributed by atoms with Gasteiger partial charge in [-0.3, -0.25) is 4.90 Å². The lowest BCUT2D eigenvalue weighted by Gasteiger charge is -2.24. The van der Waals surface area contributed by atoms with E-state index in [2.05, 4.69) is 17.1 Å². The molecule has 0 saturated carbocycles. The maximum Gasteiger partial charge on any atom is 0.0802 e. The third-order valence-electron chi connectivity index (χ3n) is 1.79. The number of β-amino-alcohol motifs (C(OH)–C–C–N with tert-alkyl or cyclic N) is 1. The second-order valence-electron chi connectivity index (χ2n) is 2.83. The zero-order chi connectivity index (χ0) is 8.10. The lowest BCUT2D eigenvalue weighted by atomic mass is 10.2. The highest BCUT2D eigenvalue weighted by molar-refractivity contribution is 6.18. The molecule has 1 heterocycles. The van der Waals surface area contributed by atoms with Crippen molar-refractivity contribution >= 4 is 11.6 Å². The van der Waals surface area contributed by atoms with Gasteiger partial charge in [0.2, 0.25) is 0 Å². The van der Waals surface area contributed by atoms with Gasteiger partial charge in [-0.1, -0.05) is 12.2 Å². The molecule has 0 bridgehead atoms. The molecule has 0 amide bonds. The van der Waals surface area contributed by atoms with Crippen molar-refractivity contribution in [2.24, 2.45) is 0 Å². The van der Waals surface area contributed by atoms with Crippen LogP contribution in [0.2, 0.25) is 0 Å². The smallest absolute Gasteiger partial charge is 0.0802 e. The number of nitrogens with zero attached hydrogens (tertiary/aromatic N) is 1. The van der Waals surface area contributed by atoms with Crippen LogP contribution in [0.15, 0.2) is 12.2 Å². The first-order valence-corrected chi connectivity index (χ1v) is 4.47. The summed E-state index contributed by atoms with van der Waals surface area (Å²) in [6.45, 7) is 2.70. The Balaban J connectivity index is 2.20. The molecule has 2 nitrogen and oxygen atoms in total. The van der Waals surface area contributed by atoms with Crippen molar-refractivity contribution < 1.29 is 5.11 Å². The predicted molar refractivity (Wildman–Crippen MR) is 46.9 cm³/mol. The van der Waals surface area contributed by atoms with Gasteiger partial charge in [-0.2, -0.15) is 0 Å². The molecule has 1 atom stereocenters.